The average molecular weight is 260 g/mol. The lowest BCUT2D eigenvalue weighted by Crippen LogP contribution is -2.53. The molecule has 1 aliphatic heterocycles. The lowest BCUT2D eigenvalue weighted by Gasteiger charge is -2.31. The first-order valence-electron chi connectivity index (χ1n) is 5.13. The molecule has 0 saturated carbocycles. The molecule has 0 bridgehead atoms. The van der Waals surface area contributed by atoms with Crippen LogP contribution in [0.3, 0.4) is 0 Å². The van der Waals surface area contributed by atoms with Crippen molar-refractivity contribution in [2.45, 2.75) is 11.1 Å². The van der Waals surface area contributed by atoms with E-state index < -0.39 is 22.0 Å². The smallest absolute Gasteiger partial charge is 0.247 e. The van der Waals surface area contributed by atoms with Crippen LogP contribution in [0.1, 0.15) is 0 Å². The highest BCUT2D eigenvalue weighted by Gasteiger charge is 2.33. The fourth-order valence-electron chi connectivity index (χ4n) is 1.69. The normalized spacial score (nSPS) is 22.6. The maximum absolute atomic E-state index is 13.5. The Balaban J connectivity index is 2.39. The third-order valence-electron chi connectivity index (χ3n) is 2.54. The number of nitrogens with zero attached hydrogens (tertiary/aromatic N) is 1. The second kappa shape index (κ2) is 4.69. The summed E-state index contributed by atoms with van der Waals surface area (Å²) >= 11 is 0. The Kier molecular flexibility index (Phi) is 3.43. The van der Waals surface area contributed by atoms with Crippen molar-refractivity contribution in [3.05, 3.63) is 30.1 Å². The van der Waals surface area contributed by atoms with Crippen molar-refractivity contribution in [2.24, 2.45) is 5.73 Å². The summed E-state index contributed by atoms with van der Waals surface area (Å²) in [6.45, 7) is 0.521. The van der Waals surface area contributed by atoms with Gasteiger partial charge in [0.05, 0.1) is 19.4 Å². The molecule has 94 valence electrons. The summed E-state index contributed by atoms with van der Waals surface area (Å²) in [5, 5.41) is 0. The van der Waals surface area contributed by atoms with Crippen LogP contribution in [0.15, 0.2) is 29.2 Å². The molecular weight excluding hydrogens is 247 g/mol. The quantitative estimate of drug-likeness (QED) is 0.820. The van der Waals surface area contributed by atoms with Gasteiger partial charge >= 0.3 is 0 Å². The van der Waals surface area contributed by atoms with Crippen LogP contribution in [0.25, 0.3) is 0 Å². The molecule has 0 aliphatic carbocycles. The lowest BCUT2D eigenvalue weighted by atomic mass is 10.3. The van der Waals surface area contributed by atoms with Gasteiger partial charge in [0.2, 0.25) is 10.0 Å². The van der Waals surface area contributed by atoms with Crippen LogP contribution in [-0.2, 0) is 14.8 Å². The van der Waals surface area contributed by atoms with Gasteiger partial charge in [0, 0.05) is 6.54 Å². The first kappa shape index (κ1) is 12.4. The predicted molar refractivity (Wildman–Crippen MR) is 59.1 cm³/mol. The van der Waals surface area contributed by atoms with Crippen molar-refractivity contribution >= 4 is 10.0 Å². The van der Waals surface area contributed by atoms with E-state index in [1.165, 1.54) is 18.2 Å². The summed E-state index contributed by atoms with van der Waals surface area (Å²) in [5.41, 5.74) is 5.65. The largest absolute Gasteiger partial charge is 0.377 e. The topological polar surface area (TPSA) is 72.6 Å². The molecule has 1 aromatic carbocycles. The van der Waals surface area contributed by atoms with Gasteiger partial charge in [-0.05, 0) is 12.1 Å². The first-order chi connectivity index (χ1) is 8.03. The molecule has 1 aromatic rings. The van der Waals surface area contributed by atoms with E-state index in [1.807, 2.05) is 0 Å². The number of ether oxygens (including phenoxy) is 1. The van der Waals surface area contributed by atoms with E-state index in [0.29, 0.717) is 0 Å². The Morgan fingerprint density at radius 1 is 1.41 bits per heavy atom. The maximum Gasteiger partial charge on any atom is 0.247 e. The summed E-state index contributed by atoms with van der Waals surface area (Å²) in [6, 6.07) is 5.25. The highest BCUT2D eigenvalue weighted by Crippen LogP contribution is 2.21. The van der Waals surface area contributed by atoms with E-state index in [-0.39, 0.29) is 24.7 Å². The minimum Gasteiger partial charge on any atom is -0.377 e. The van der Waals surface area contributed by atoms with Gasteiger partial charge in [0.1, 0.15) is 10.7 Å². The first-order valence-corrected chi connectivity index (χ1v) is 6.57. The van der Waals surface area contributed by atoms with Gasteiger partial charge < -0.3 is 10.5 Å². The summed E-state index contributed by atoms with van der Waals surface area (Å²) < 4.78 is 43.9. The van der Waals surface area contributed by atoms with Crippen LogP contribution < -0.4 is 5.73 Å². The summed E-state index contributed by atoms with van der Waals surface area (Å²) in [6.07, 6.45) is -0.770. The van der Waals surface area contributed by atoms with E-state index >= 15 is 0 Å². The SMILES string of the molecule is NC1COCCN1S(=O)(=O)c1ccccc1F. The number of nitrogens with two attached hydrogens (primary N) is 1. The highest BCUT2D eigenvalue weighted by molar-refractivity contribution is 7.89. The molecule has 1 heterocycles. The van der Waals surface area contributed by atoms with E-state index in [4.69, 9.17) is 10.5 Å². The molecule has 2 N–H and O–H groups in total. The van der Waals surface area contributed by atoms with Crippen LogP contribution in [0.4, 0.5) is 4.39 Å². The molecule has 1 atom stereocenters. The Bertz CT molecular complexity index is 506. The van der Waals surface area contributed by atoms with Gasteiger partial charge in [-0.25, -0.2) is 12.8 Å². The number of halogens is 1. The maximum atomic E-state index is 13.5. The molecule has 7 heteroatoms. The standard InChI is InChI=1S/C10H13FN2O3S/c11-8-3-1-2-4-9(8)17(14,15)13-5-6-16-7-10(13)12/h1-4,10H,5-7,12H2. The van der Waals surface area contributed by atoms with Gasteiger partial charge in [0.25, 0.3) is 0 Å². The van der Waals surface area contributed by atoms with Gasteiger partial charge in [0.15, 0.2) is 0 Å². The molecular formula is C10H13FN2O3S. The van der Waals surface area contributed by atoms with Crippen molar-refractivity contribution in [3.63, 3.8) is 0 Å². The van der Waals surface area contributed by atoms with Crippen molar-refractivity contribution < 1.29 is 17.5 Å². The van der Waals surface area contributed by atoms with Crippen LogP contribution in [0.2, 0.25) is 0 Å². The van der Waals surface area contributed by atoms with Gasteiger partial charge in [-0.2, -0.15) is 4.31 Å². The van der Waals surface area contributed by atoms with E-state index in [9.17, 15) is 12.8 Å². The summed E-state index contributed by atoms with van der Waals surface area (Å²) in [4.78, 5) is -0.350. The molecule has 1 saturated heterocycles. The van der Waals surface area contributed by atoms with Crippen LogP contribution in [-0.4, -0.2) is 38.6 Å². The zero-order valence-electron chi connectivity index (χ0n) is 9.04. The molecule has 0 radical (unpaired) electrons. The molecule has 17 heavy (non-hydrogen) atoms. The van der Waals surface area contributed by atoms with Crippen LogP contribution >= 0.6 is 0 Å². The molecule has 5 nitrogen and oxygen atoms in total. The number of morpholine rings is 1. The minimum absolute atomic E-state index is 0.119. The van der Waals surface area contributed by atoms with Crippen LogP contribution in [0, 0.1) is 5.82 Å². The summed E-state index contributed by atoms with van der Waals surface area (Å²) in [5.74, 6) is -0.772. The monoisotopic (exact) mass is 260 g/mol. The van der Waals surface area contributed by atoms with E-state index in [1.54, 1.807) is 0 Å². The van der Waals surface area contributed by atoms with Gasteiger partial charge in [-0.3, -0.25) is 0 Å². The second-order valence-electron chi connectivity index (χ2n) is 3.69. The molecule has 1 fully saturated rings. The Hall–Kier alpha value is -1.02. The van der Waals surface area contributed by atoms with Crippen molar-refractivity contribution in [3.8, 4) is 0 Å². The molecule has 0 aromatic heterocycles. The highest BCUT2D eigenvalue weighted by atomic mass is 32.2. The molecule has 1 aliphatic rings. The van der Waals surface area contributed by atoms with Gasteiger partial charge in [-0.1, -0.05) is 12.1 Å². The molecule has 0 amide bonds. The van der Waals surface area contributed by atoms with E-state index in [0.717, 1.165) is 10.4 Å². The fourth-order valence-corrected chi connectivity index (χ4v) is 3.24. The predicted octanol–water partition coefficient (Wildman–Crippen LogP) is 0.131. The molecule has 2 rings (SSSR count). The fraction of sp³-hybridized carbons (Fsp3) is 0.400. The Morgan fingerprint density at radius 2 is 2.12 bits per heavy atom. The zero-order valence-corrected chi connectivity index (χ0v) is 9.86. The number of rotatable bonds is 2. The lowest BCUT2D eigenvalue weighted by molar-refractivity contribution is 0.0349. The zero-order chi connectivity index (χ0) is 12.5. The Labute approximate surface area is 99.0 Å². The Morgan fingerprint density at radius 3 is 2.76 bits per heavy atom. The third-order valence-corrected chi connectivity index (χ3v) is 4.50. The third kappa shape index (κ3) is 2.32. The number of sulfonamides is 1. The minimum atomic E-state index is -3.89. The van der Waals surface area contributed by atoms with Crippen molar-refractivity contribution in [1.82, 2.24) is 4.31 Å². The van der Waals surface area contributed by atoms with Crippen molar-refractivity contribution in [1.29, 1.82) is 0 Å². The van der Waals surface area contributed by atoms with E-state index in [2.05, 4.69) is 0 Å². The van der Waals surface area contributed by atoms with Gasteiger partial charge in [-0.15, -0.1) is 0 Å². The molecule has 1 unspecified atom stereocenters. The van der Waals surface area contributed by atoms with Crippen molar-refractivity contribution in [2.75, 3.05) is 19.8 Å². The summed E-state index contributed by atoms with van der Waals surface area (Å²) in [7, 11) is -3.89. The average Bonchev–Trinajstić information content (AvgIpc) is 2.29. The molecule has 0 spiro atoms. The van der Waals surface area contributed by atoms with Crippen LogP contribution in [0.5, 0.6) is 0 Å². The number of hydrogen-bond acceptors (Lipinski definition) is 4. The number of hydrogen-bond donors (Lipinski definition) is 1. The number of benzene rings is 1. The second-order valence-corrected chi connectivity index (χ2v) is 5.55.